The summed E-state index contributed by atoms with van der Waals surface area (Å²) < 4.78 is 0. The van der Waals surface area contributed by atoms with Gasteiger partial charge in [-0.2, -0.15) is 0 Å². The quantitative estimate of drug-likeness (QED) is 0.452. The van der Waals surface area contributed by atoms with Crippen LogP contribution in [-0.4, -0.2) is 16.9 Å². The van der Waals surface area contributed by atoms with E-state index in [-0.39, 0.29) is 0 Å². The Morgan fingerprint density at radius 1 is 1.62 bits per heavy atom. The van der Waals surface area contributed by atoms with Crippen LogP contribution in [-0.2, 0) is 0 Å². The molecule has 0 aliphatic rings. The topological polar surface area (TPSA) is 36.2 Å². The summed E-state index contributed by atoms with van der Waals surface area (Å²) in [6.07, 6.45) is 0. The molecule has 0 amide bonds. The molecule has 0 aliphatic heterocycles. The van der Waals surface area contributed by atoms with Gasteiger partial charge >= 0.3 is 0 Å². The highest BCUT2D eigenvalue weighted by Crippen LogP contribution is 1.55. The van der Waals surface area contributed by atoms with Crippen LogP contribution in [0.3, 0.4) is 0 Å². The summed E-state index contributed by atoms with van der Waals surface area (Å²) >= 11 is 8.04. The molecule has 44 valence electrons. The van der Waals surface area contributed by atoms with Crippen LogP contribution in [0.4, 0.5) is 0 Å². The van der Waals surface area contributed by atoms with E-state index in [0.717, 1.165) is 6.54 Å². The van der Waals surface area contributed by atoms with Crippen LogP contribution in [0.2, 0.25) is 0 Å². The van der Waals surface area contributed by atoms with Gasteiger partial charge in [-0.05, 0) is 31.4 Å². The van der Waals surface area contributed by atoms with Crippen LogP contribution in [0.5, 0.6) is 0 Å². The Hall–Kier alpha value is -0.400. The summed E-state index contributed by atoms with van der Waals surface area (Å²) in [6, 6.07) is 0. The van der Waals surface area contributed by atoms with Crippen molar-refractivity contribution in [2.45, 2.75) is 6.92 Å². The standard InChI is InChI=1S/C3H5NS.CHNS/c1-2-4-3-5;2-1-3/h2H2,1H3;2H. The van der Waals surface area contributed by atoms with Crippen LogP contribution in [0, 0.1) is 5.41 Å². The fourth-order valence-corrected chi connectivity index (χ4v) is 0.194. The summed E-state index contributed by atoms with van der Waals surface area (Å²) in [5.41, 5.74) is 0. The van der Waals surface area contributed by atoms with Crippen molar-refractivity contribution < 1.29 is 0 Å². The molecular formula is C4H6N2S2. The summed E-state index contributed by atoms with van der Waals surface area (Å²) in [5, 5.41) is 9.58. The van der Waals surface area contributed by atoms with Gasteiger partial charge < -0.3 is 0 Å². The molecular weight excluding hydrogens is 140 g/mol. The molecule has 0 heterocycles. The molecule has 0 aromatic rings. The second kappa shape index (κ2) is 16.0. The van der Waals surface area contributed by atoms with Gasteiger partial charge in [0.25, 0.3) is 0 Å². The molecule has 0 radical (unpaired) electrons. The molecule has 0 atom stereocenters. The second-order valence-electron chi connectivity index (χ2n) is 0.668. The predicted molar refractivity (Wildman–Crippen MR) is 40.9 cm³/mol. The van der Waals surface area contributed by atoms with Crippen molar-refractivity contribution in [3.63, 3.8) is 0 Å². The zero-order valence-electron chi connectivity index (χ0n) is 4.47. The van der Waals surface area contributed by atoms with Crippen LogP contribution in [0.25, 0.3) is 0 Å². The summed E-state index contributed by atoms with van der Waals surface area (Å²) in [6.45, 7) is 2.67. The highest BCUT2D eigenvalue weighted by Gasteiger charge is 1.49. The molecule has 0 rings (SSSR count). The van der Waals surface area contributed by atoms with Crippen LogP contribution >= 0.6 is 24.4 Å². The van der Waals surface area contributed by atoms with Gasteiger partial charge in [-0.3, -0.25) is 0 Å². The lowest BCUT2D eigenvalue weighted by molar-refractivity contribution is 1.15. The van der Waals surface area contributed by atoms with E-state index < -0.39 is 0 Å². The average Bonchev–Trinajstić information content (AvgIpc) is 1.71. The van der Waals surface area contributed by atoms with Crippen molar-refractivity contribution in [1.82, 2.24) is 0 Å². The van der Waals surface area contributed by atoms with Crippen LogP contribution in [0.15, 0.2) is 4.99 Å². The van der Waals surface area contributed by atoms with Gasteiger partial charge in [-0.15, -0.1) is 0 Å². The number of rotatable bonds is 1. The first-order valence-corrected chi connectivity index (χ1v) is 2.72. The normalized spacial score (nSPS) is 4.62. The van der Waals surface area contributed by atoms with Gasteiger partial charge in [0.15, 0.2) is 0 Å². The SMILES string of the molecule is CCN=C=S.N=C=S. The Bertz CT molecular complexity index is 109. The minimum Gasteiger partial charge on any atom is -0.248 e. The van der Waals surface area contributed by atoms with E-state index >= 15 is 0 Å². The lowest BCUT2D eigenvalue weighted by Crippen LogP contribution is -1.57. The summed E-state index contributed by atoms with van der Waals surface area (Å²) in [4.78, 5) is 3.54. The Balaban J connectivity index is 0. The van der Waals surface area contributed by atoms with Crippen molar-refractivity contribution in [2.24, 2.45) is 4.99 Å². The number of hydrogen-bond acceptors (Lipinski definition) is 4. The Labute approximate surface area is 59.1 Å². The molecule has 4 heteroatoms. The third kappa shape index (κ3) is 46.3. The van der Waals surface area contributed by atoms with Crippen molar-refractivity contribution in [2.75, 3.05) is 6.54 Å². The number of aliphatic imine (C=N–C) groups is 1. The molecule has 0 spiro atoms. The van der Waals surface area contributed by atoms with Crippen molar-refractivity contribution >= 4 is 34.8 Å². The largest absolute Gasteiger partial charge is 0.248 e. The number of nitrogens with zero attached hydrogens (tertiary/aromatic N) is 1. The molecule has 0 bridgehead atoms. The van der Waals surface area contributed by atoms with Crippen molar-refractivity contribution in [3.05, 3.63) is 0 Å². The highest BCUT2D eigenvalue weighted by atomic mass is 32.1. The average molecular weight is 146 g/mol. The fourth-order valence-electron chi connectivity index (χ4n) is 0.0645. The second-order valence-corrected chi connectivity index (χ2v) is 1.05. The molecule has 8 heavy (non-hydrogen) atoms. The van der Waals surface area contributed by atoms with E-state index in [9.17, 15) is 0 Å². The number of nitrogens with one attached hydrogen (secondary N) is 1. The zero-order valence-corrected chi connectivity index (χ0v) is 6.10. The Kier molecular flexibility index (Phi) is 21.1. The zero-order chi connectivity index (χ0) is 6.83. The predicted octanol–water partition coefficient (Wildman–Crippen LogP) is 1.78. The minimum atomic E-state index is 0.753. The molecule has 0 unspecified atom stereocenters. The van der Waals surface area contributed by atoms with E-state index in [1.807, 2.05) is 6.92 Å². The van der Waals surface area contributed by atoms with Gasteiger partial charge in [0.05, 0.1) is 10.3 Å². The monoisotopic (exact) mass is 146 g/mol. The maximum absolute atomic E-state index is 5.77. The number of isothiocyanates is 2. The Morgan fingerprint density at radius 3 is 2.00 bits per heavy atom. The molecule has 0 aliphatic carbocycles. The highest BCUT2D eigenvalue weighted by molar-refractivity contribution is 7.78. The van der Waals surface area contributed by atoms with Gasteiger partial charge in [0.2, 0.25) is 0 Å². The first-order chi connectivity index (χ1) is 3.83. The summed E-state index contributed by atoms with van der Waals surface area (Å²) in [5.74, 6) is 0. The first kappa shape index (κ1) is 10.6. The van der Waals surface area contributed by atoms with Gasteiger partial charge in [0.1, 0.15) is 0 Å². The smallest absolute Gasteiger partial charge is 0.0584 e. The van der Waals surface area contributed by atoms with Gasteiger partial charge in [-0.1, -0.05) is 0 Å². The molecule has 0 aromatic carbocycles. The Morgan fingerprint density at radius 2 is 2.00 bits per heavy atom. The third-order valence-corrected chi connectivity index (χ3v) is 0.352. The molecule has 0 aromatic heterocycles. The number of thiocarbonyl (C=S) groups is 2. The lowest BCUT2D eigenvalue weighted by atomic mass is 10.8. The lowest BCUT2D eigenvalue weighted by Gasteiger charge is -1.60. The van der Waals surface area contributed by atoms with E-state index in [2.05, 4.69) is 34.6 Å². The van der Waals surface area contributed by atoms with Crippen molar-refractivity contribution in [3.8, 4) is 0 Å². The van der Waals surface area contributed by atoms with Crippen LogP contribution < -0.4 is 0 Å². The van der Waals surface area contributed by atoms with Gasteiger partial charge in [0, 0.05) is 6.54 Å². The summed E-state index contributed by atoms with van der Waals surface area (Å²) in [7, 11) is 0. The molecule has 0 fully saturated rings. The maximum Gasteiger partial charge on any atom is 0.0584 e. The van der Waals surface area contributed by atoms with E-state index in [0.29, 0.717) is 0 Å². The van der Waals surface area contributed by atoms with E-state index in [4.69, 9.17) is 5.41 Å². The van der Waals surface area contributed by atoms with Crippen LogP contribution in [0.1, 0.15) is 6.92 Å². The van der Waals surface area contributed by atoms with E-state index in [1.165, 1.54) is 0 Å². The molecule has 0 saturated heterocycles. The maximum atomic E-state index is 5.77. The third-order valence-electron chi connectivity index (χ3n) is 0.223. The molecule has 0 saturated carbocycles. The van der Waals surface area contributed by atoms with Crippen molar-refractivity contribution in [1.29, 1.82) is 5.41 Å². The van der Waals surface area contributed by atoms with E-state index in [1.54, 1.807) is 5.16 Å². The molecule has 2 nitrogen and oxygen atoms in total. The fraction of sp³-hybridized carbons (Fsp3) is 0.500. The van der Waals surface area contributed by atoms with Gasteiger partial charge in [-0.25, -0.2) is 10.4 Å². The first-order valence-electron chi connectivity index (χ1n) is 1.91. The number of hydrogen-bond donors (Lipinski definition) is 1. The minimum absolute atomic E-state index is 0.753. The molecule has 1 N–H and O–H groups in total.